The number of carbonyl (C=O) groups excluding carboxylic acids is 1. The first-order valence-corrected chi connectivity index (χ1v) is 9.43. The minimum absolute atomic E-state index is 0.0230. The van der Waals surface area contributed by atoms with E-state index in [0.717, 1.165) is 11.3 Å². The monoisotopic (exact) mass is 333 g/mol. The van der Waals surface area contributed by atoms with Crippen LogP contribution in [0.4, 0.5) is 0 Å². The Morgan fingerprint density at radius 1 is 1.30 bits per heavy atom. The van der Waals surface area contributed by atoms with Crippen molar-refractivity contribution in [1.82, 2.24) is 15.1 Å². The van der Waals surface area contributed by atoms with Crippen LogP contribution in [0.3, 0.4) is 0 Å². The van der Waals surface area contributed by atoms with Gasteiger partial charge in [-0.3, -0.25) is 4.79 Å². The number of nitrogens with one attached hydrogen (secondary N) is 1. The van der Waals surface area contributed by atoms with E-state index < -0.39 is 15.8 Å². The molecule has 1 aliphatic rings. The fraction of sp³-hybridized carbons (Fsp3) is 0.375. The molecule has 0 bridgehead atoms. The van der Waals surface area contributed by atoms with Crippen molar-refractivity contribution in [2.75, 3.05) is 18.1 Å². The van der Waals surface area contributed by atoms with E-state index in [0.29, 0.717) is 19.4 Å². The second-order valence-corrected chi connectivity index (χ2v) is 8.00. The summed E-state index contributed by atoms with van der Waals surface area (Å²) in [7, 11) is -3.02. The van der Waals surface area contributed by atoms with E-state index in [2.05, 4.69) is 10.4 Å². The molecule has 7 heteroatoms. The Balaban J connectivity index is 1.50. The van der Waals surface area contributed by atoms with Crippen LogP contribution in [-0.4, -0.2) is 42.2 Å². The topological polar surface area (TPSA) is 81.1 Å². The van der Waals surface area contributed by atoms with Crippen LogP contribution in [0.5, 0.6) is 0 Å². The molecule has 0 spiro atoms. The number of hydrogen-bond acceptors (Lipinski definition) is 4. The normalized spacial score (nSPS) is 19.6. The first kappa shape index (κ1) is 15.7. The van der Waals surface area contributed by atoms with Crippen LogP contribution >= 0.6 is 0 Å². The minimum atomic E-state index is -3.02. The quantitative estimate of drug-likeness (QED) is 0.884. The van der Waals surface area contributed by atoms with E-state index in [1.54, 1.807) is 10.9 Å². The first-order chi connectivity index (χ1) is 11.0. The summed E-state index contributed by atoms with van der Waals surface area (Å²) in [5, 5.41) is 7.12. The van der Waals surface area contributed by atoms with Gasteiger partial charge in [0.15, 0.2) is 9.84 Å². The Morgan fingerprint density at radius 3 is 2.78 bits per heavy atom. The Morgan fingerprint density at radius 2 is 2.09 bits per heavy atom. The Hall–Kier alpha value is -2.15. The fourth-order valence-electron chi connectivity index (χ4n) is 2.69. The third-order valence-corrected chi connectivity index (χ3v) is 5.74. The van der Waals surface area contributed by atoms with Gasteiger partial charge in [-0.2, -0.15) is 5.10 Å². The van der Waals surface area contributed by atoms with Gasteiger partial charge in [0.1, 0.15) is 0 Å². The molecule has 1 fully saturated rings. The molecule has 1 unspecified atom stereocenters. The van der Waals surface area contributed by atoms with Gasteiger partial charge in [-0.15, -0.1) is 0 Å². The summed E-state index contributed by atoms with van der Waals surface area (Å²) >= 11 is 0. The molecule has 0 radical (unpaired) electrons. The third kappa shape index (κ3) is 3.98. The van der Waals surface area contributed by atoms with Crippen molar-refractivity contribution < 1.29 is 13.2 Å². The van der Waals surface area contributed by atoms with Crippen molar-refractivity contribution in [3.05, 3.63) is 48.3 Å². The van der Waals surface area contributed by atoms with Gasteiger partial charge >= 0.3 is 0 Å². The number of aromatic nitrogens is 2. The second kappa shape index (κ2) is 6.54. The van der Waals surface area contributed by atoms with E-state index >= 15 is 0 Å². The average molecular weight is 333 g/mol. The highest BCUT2D eigenvalue weighted by Gasteiger charge is 2.32. The van der Waals surface area contributed by atoms with Crippen molar-refractivity contribution in [3.63, 3.8) is 0 Å². The SMILES string of the molecule is O=C(NCCc1cnn(-c2ccccc2)c1)C1CCS(=O)(=O)C1. The van der Waals surface area contributed by atoms with E-state index in [9.17, 15) is 13.2 Å². The summed E-state index contributed by atoms with van der Waals surface area (Å²) in [6, 6.07) is 9.80. The van der Waals surface area contributed by atoms with Crippen molar-refractivity contribution in [1.29, 1.82) is 0 Å². The number of rotatable bonds is 5. The molecule has 1 aromatic heterocycles. The first-order valence-electron chi connectivity index (χ1n) is 7.61. The molecule has 0 saturated carbocycles. The predicted molar refractivity (Wildman–Crippen MR) is 87.0 cm³/mol. The van der Waals surface area contributed by atoms with E-state index in [4.69, 9.17) is 0 Å². The lowest BCUT2D eigenvalue weighted by molar-refractivity contribution is -0.124. The molecule has 1 saturated heterocycles. The lowest BCUT2D eigenvalue weighted by Crippen LogP contribution is -2.32. The predicted octanol–water partition coefficient (Wildman–Crippen LogP) is 0.966. The van der Waals surface area contributed by atoms with Gasteiger partial charge in [-0.1, -0.05) is 18.2 Å². The van der Waals surface area contributed by atoms with Crippen LogP contribution in [-0.2, 0) is 21.1 Å². The summed E-state index contributed by atoms with van der Waals surface area (Å²) < 4.78 is 24.6. The zero-order chi connectivity index (χ0) is 16.3. The number of carbonyl (C=O) groups is 1. The zero-order valence-corrected chi connectivity index (χ0v) is 13.5. The number of hydrogen-bond donors (Lipinski definition) is 1. The van der Waals surface area contributed by atoms with E-state index in [-0.39, 0.29) is 17.4 Å². The Bertz CT molecular complexity index is 784. The molecule has 6 nitrogen and oxygen atoms in total. The van der Waals surface area contributed by atoms with Crippen LogP contribution in [0.2, 0.25) is 0 Å². The highest BCUT2D eigenvalue weighted by molar-refractivity contribution is 7.91. The molecule has 1 atom stereocenters. The lowest BCUT2D eigenvalue weighted by Gasteiger charge is -2.08. The van der Waals surface area contributed by atoms with Crippen molar-refractivity contribution in [2.45, 2.75) is 12.8 Å². The van der Waals surface area contributed by atoms with Crippen LogP contribution in [0.1, 0.15) is 12.0 Å². The Kier molecular flexibility index (Phi) is 4.47. The number of nitrogens with zero attached hydrogens (tertiary/aromatic N) is 2. The lowest BCUT2D eigenvalue weighted by atomic mass is 10.1. The molecule has 2 heterocycles. The Labute approximate surface area is 135 Å². The minimum Gasteiger partial charge on any atom is -0.355 e. The summed E-state index contributed by atoms with van der Waals surface area (Å²) in [6.07, 6.45) is 4.80. The van der Waals surface area contributed by atoms with Crippen molar-refractivity contribution >= 4 is 15.7 Å². The summed E-state index contributed by atoms with van der Waals surface area (Å²) in [6.45, 7) is 0.482. The third-order valence-electron chi connectivity index (χ3n) is 3.97. The van der Waals surface area contributed by atoms with E-state index in [1.807, 2.05) is 36.5 Å². The van der Waals surface area contributed by atoms with Gasteiger partial charge in [-0.05, 0) is 30.5 Å². The molecule has 1 aliphatic heterocycles. The smallest absolute Gasteiger partial charge is 0.224 e. The zero-order valence-electron chi connectivity index (χ0n) is 12.7. The molecule has 122 valence electrons. The summed E-state index contributed by atoms with van der Waals surface area (Å²) in [5.74, 6) is -0.465. The molecule has 2 aromatic rings. The van der Waals surface area contributed by atoms with Crippen molar-refractivity contribution in [3.8, 4) is 5.69 Å². The summed E-state index contributed by atoms with van der Waals surface area (Å²) in [4.78, 5) is 12.0. The number of para-hydroxylation sites is 1. The highest BCUT2D eigenvalue weighted by atomic mass is 32.2. The summed E-state index contributed by atoms with van der Waals surface area (Å²) in [5.41, 5.74) is 2.01. The number of sulfone groups is 1. The van der Waals surface area contributed by atoms with Gasteiger partial charge < -0.3 is 5.32 Å². The fourth-order valence-corrected chi connectivity index (χ4v) is 4.43. The molecule has 1 aromatic carbocycles. The molecule has 0 aliphatic carbocycles. The maximum atomic E-state index is 12.0. The van der Waals surface area contributed by atoms with E-state index in [1.165, 1.54) is 0 Å². The maximum absolute atomic E-state index is 12.0. The molecule has 1 N–H and O–H groups in total. The maximum Gasteiger partial charge on any atom is 0.224 e. The van der Waals surface area contributed by atoms with Crippen LogP contribution in [0.25, 0.3) is 5.69 Å². The van der Waals surface area contributed by atoms with Gasteiger partial charge in [0, 0.05) is 12.7 Å². The van der Waals surface area contributed by atoms with Gasteiger partial charge in [-0.25, -0.2) is 13.1 Å². The van der Waals surface area contributed by atoms with Gasteiger partial charge in [0.2, 0.25) is 5.91 Å². The standard InChI is InChI=1S/C16H19N3O3S/c20-16(14-7-9-23(21,22)12-14)17-8-6-13-10-18-19(11-13)15-4-2-1-3-5-15/h1-5,10-11,14H,6-9,12H2,(H,17,20). The van der Waals surface area contributed by atoms with Crippen LogP contribution in [0.15, 0.2) is 42.7 Å². The van der Waals surface area contributed by atoms with Gasteiger partial charge in [0.05, 0.1) is 29.3 Å². The molecular weight excluding hydrogens is 314 g/mol. The average Bonchev–Trinajstić information content (AvgIpc) is 3.14. The van der Waals surface area contributed by atoms with Gasteiger partial charge in [0.25, 0.3) is 0 Å². The molecule has 23 heavy (non-hydrogen) atoms. The molecular formula is C16H19N3O3S. The largest absolute Gasteiger partial charge is 0.355 e. The number of amides is 1. The van der Waals surface area contributed by atoms with Crippen LogP contribution < -0.4 is 5.32 Å². The molecule has 1 amide bonds. The highest BCUT2D eigenvalue weighted by Crippen LogP contribution is 2.18. The molecule has 3 rings (SSSR count). The van der Waals surface area contributed by atoms with Crippen LogP contribution in [0, 0.1) is 5.92 Å². The second-order valence-electron chi connectivity index (χ2n) is 5.77. The van der Waals surface area contributed by atoms with Crippen molar-refractivity contribution in [2.24, 2.45) is 5.92 Å². The number of benzene rings is 1.